The third-order valence-corrected chi connectivity index (χ3v) is 3.49. The summed E-state index contributed by atoms with van der Waals surface area (Å²) < 4.78 is 15.2. The summed E-state index contributed by atoms with van der Waals surface area (Å²) >= 11 is 0. The number of ether oxygens (including phenoxy) is 3. The summed E-state index contributed by atoms with van der Waals surface area (Å²) in [4.78, 5) is 23.1. The number of rotatable bonds is 6. The van der Waals surface area contributed by atoms with Gasteiger partial charge in [-0.3, -0.25) is 4.79 Å². The number of esters is 1. The molecule has 0 aliphatic carbocycles. The van der Waals surface area contributed by atoms with Crippen LogP contribution in [0.3, 0.4) is 0 Å². The molecular weight excluding hydrogens is 300 g/mol. The van der Waals surface area contributed by atoms with E-state index >= 15 is 0 Å². The normalized spacial score (nSPS) is 17.4. The molecule has 1 atom stereocenters. The van der Waals surface area contributed by atoms with Crippen LogP contribution in [0.1, 0.15) is 12.0 Å². The Hall–Kier alpha value is -2.12. The molecular formula is C16H22N2O5. The van der Waals surface area contributed by atoms with E-state index < -0.39 is 5.97 Å². The molecule has 1 aromatic carbocycles. The predicted octanol–water partition coefficient (Wildman–Crippen LogP) is 0.864. The Balaban J connectivity index is 1.87. The molecule has 1 unspecified atom stereocenters. The summed E-state index contributed by atoms with van der Waals surface area (Å²) in [5, 5.41) is 6.12. The average Bonchev–Trinajstić information content (AvgIpc) is 2.55. The maximum Gasteiger partial charge on any atom is 0.343 e. The number of amides is 1. The fraction of sp³-hybridized carbons (Fsp3) is 0.500. The molecule has 0 bridgehead atoms. The first kappa shape index (κ1) is 17.2. The number of anilines is 1. The first-order valence-corrected chi connectivity index (χ1v) is 7.49. The summed E-state index contributed by atoms with van der Waals surface area (Å²) in [5.41, 5.74) is 1.57. The molecule has 1 aliphatic rings. The third-order valence-electron chi connectivity index (χ3n) is 3.49. The van der Waals surface area contributed by atoms with Crippen molar-refractivity contribution in [1.82, 2.24) is 5.32 Å². The summed E-state index contributed by atoms with van der Waals surface area (Å²) in [6, 6.07) is 5.27. The van der Waals surface area contributed by atoms with E-state index in [0.717, 1.165) is 17.8 Å². The van der Waals surface area contributed by atoms with Crippen LogP contribution in [-0.4, -0.2) is 51.4 Å². The van der Waals surface area contributed by atoms with Gasteiger partial charge in [0.15, 0.2) is 6.61 Å². The van der Waals surface area contributed by atoms with Gasteiger partial charge in [-0.1, -0.05) is 0 Å². The largest absolute Gasteiger partial charge is 0.482 e. The SMILES string of the molecule is COC(=O)COc1ccc(NC(=O)CC2COCCN2)c(C)c1. The molecule has 126 valence electrons. The van der Waals surface area contributed by atoms with Crippen molar-refractivity contribution in [1.29, 1.82) is 0 Å². The first-order chi connectivity index (χ1) is 11.1. The second kappa shape index (κ2) is 8.50. The molecule has 0 spiro atoms. The van der Waals surface area contributed by atoms with Crippen molar-refractivity contribution in [3.8, 4) is 5.75 Å². The lowest BCUT2D eigenvalue weighted by atomic mass is 10.1. The Morgan fingerprint density at radius 2 is 2.26 bits per heavy atom. The van der Waals surface area contributed by atoms with E-state index in [2.05, 4.69) is 15.4 Å². The van der Waals surface area contributed by atoms with E-state index in [4.69, 9.17) is 9.47 Å². The quantitative estimate of drug-likeness (QED) is 0.756. The molecule has 2 rings (SSSR count). The zero-order valence-electron chi connectivity index (χ0n) is 13.4. The van der Waals surface area contributed by atoms with Crippen molar-refractivity contribution >= 4 is 17.6 Å². The Morgan fingerprint density at radius 1 is 1.43 bits per heavy atom. The number of hydrogen-bond donors (Lipinski definition) is 2. The van der Waals surface area contributed by atoms with Crippen LogP contribution in [0.4, 0.5) is 5.69 Å². The third kappa shape index (κ3) is 5.54. The van der Waals surface area contributed by atoms with Crippen LogP contribution in [0.15, 0.2) is 18.2 Å². The number of carbonyl (C=O) groups is 2. The zero-order chi connectivity index (χ0) is 16.7. The van der Waals surface area contributed by atoms with Gasteiger partial charge in [0, 0.05) is 24.7 Å². The molecule has 7 heteroatoms. The van der Waals surface area contributed by atoms with Gasteiger partial charge in [0.25, 0.3) is 0 Å². The van der Waals surface area contributed by atoms with E-state index in [1.54, 1.807) is 18.2 Å². The van der Waals surface area contributed by atoms with E-state index in [0.29, 0.717) is 25.4 Å². The van der Waals surface area contributed by atoms with Crippen LogP contribution in [-0.2, 0) is 19.1 Å². The second-order valence-corrected chi connectivity index (χ2v) is 5.32. The molecule has 1 saturated heterocycles. The monoisotopic (exact) mass is 322 g/mol. The Kier molecular flexibility index (Phi) is 6.37. The lowest BCUT2D eigenvalue weighted by Crippen LogP contribution is -2.43. The minimum Gasteiger partial charge on any atom is -0.482 e. The molecule has 1 amide bonds. The minimum absolute atomic E-state index is 0.0479. The van der Waals surface area contributed by atoms with E-state index in [-0.39, 0.29) is 18.6 Å². The fourth-order valence-corrected chi connectivity index (χ4v) is 2.24. The fourth-order valence-electron chi connectivity index (χ4n) is 2.24. The van der Waals surface area contributed by atoms with Crippen molar-refractivity contribution in [2.45, 2.75) is 19.4 Å². The number of benzene rings is 1. The van der Waals surface area contributed by atoms with Gasteiger partial charge in [0.05, 0.1) is 20.3 Å². The van der Waals surface area contributed by atoms with Gasteiger partial charge in [-0.15, -0.1) is 0 Å². The van der Waals surface area contributed by atoms with E-state index in [1.165, 1.54) is 7.11 Å². The maximum absolute atomic E-state index is 12.1. The van der Waals surface area contributed by atoms with Crippen molar-refractivity contribution in [3.63, 3.8) is 0 Å². The molecule has 1 heterocycles. The number of aryl methyl sites for hydroxylation is 1. The van der Waals surface area contributed by atoms with Crippen LogP contribution < -0.4 is 15.4 Å². The highest BCUT2D eigenvalue weighted by molar-refractivity contribution is 5.92. The Labute approximate surface area is 135 Å². The van der Waals surface area contributed by atoms with Crippen molar-refractivity contribution in [2.24, 2.45) is 0 Å². The summed E-state index contributed by atoms with van der Waals surface area (Å²) in [5.74, 6) is 0.0369. The highest BCUT2D eigenvalue weighted by Crippen LogP contribution is 2.21. The lowest BCUT2D eigenvalue weighted by Gasteiger charge is -2.23. The van der Waals surface area contributed by atoms with Gasteiger partial charge in [0.2, 0.25) is 5.91 Å². The van der Waals surface area contributed by atoms with Crippen LogP contribution in [0.2, 0.25) is 0 Å². The molecule has 0 radical (unpaired) electrons. The summed E-state index contributed by atoms with van der Waals surface area (Å²) in [6.07, 6.45) is 0.361. The molecule has 1 aliphatic heterocycles. The van der Waals surface area contributed by atoms with Gasteiger partial charge < -0.3 is 24.8 Å². The van der Waals surface area contributed by atoms with Crippen molar-refractivity contribution in [3.05, 3.63) is 23.8 Å². The number of carbonyl (C=O) groups excluding carboxylic acids is 2. The van der Waals surface area contributed by atoms with Crippen molar-refractivity contribution in [2.75, 3.05) is 38.8 Å². The number of hydrogen-bond acceptors (Lipinski definition) is 6. The molecule has 0 aromatic heterocycles. The average molecular weight is 322 g/mol. The molecule has 1 aromatic rings. The maximum atomic E-state index is 12.1. The summed E-state index contributed by atoms with van der Waals surface area (Å²) in [6.45, 7) is 3.72. The van der Waals surface area contributed by atoms with Crippen LogP contribution in [0, 0.1) is 6.92 Å². The number of nitrogens with one attached hydrogen (secondary N) is 2. The lowest BCUT2D eigenvalue weighted by molar-refractivity contribution is -0.142. The minimum atomic E-state index is -0.442. The highest BCUT2D eigenvalue weighted by atomic mass is 16.6. The van der Waals surface area contributed by atoms with E-state index in [1.807, 2.05) is 6.92 Å². The molecule has 2 N–H and O–H groups in total. The Bertz CT molecular complexity index is 555. The predicted molar refractivity (Wildman–Crippen MR) is 84.5 cm³/mol. The van der Waals surface area contributed by atoms with Gasteiger partial charge in [-0.2, -0.15) is 0 Å². The van der Waals surface area contributed by atoms with Gasteiger partial charge in [-0.05, 0) is 30.7 Å². The number of morpholine rings is 1. The molecule has 0 saturated carbocycles. The van der Waals surface area contributed by atoms with E-state index in [9.17, 15) is 9.59 Å². The van der Waals surface area contributed by atoms with Gasteiger partial charge in [0.1, 0.15) is 5.75 Å². The highest BCUT2D eigenvalue weighted by Gasteiger charge is 2.17. The first-order valence-electron chi connectivity index (χ1n) is 7.49. The van der Waals surface area contributed by atoms with Crippen LogP contribution >= 0.6 is 0 Å². The van der Waals surface area contributed by atoms with Crippen LogP contribution in [0.5, 0.6) is 5.75 Å². The topological polar surface area (TPSA) is 85.9 Å². The molecule has 1 fully saturated rings. The van der Waals surface area contributed by atoms with Crippen LogP contribution in [0.25, 0.3) is 0 Å². The summed E-state index contributed by atoms with van der Waals surface area (Å²) in [7, 11) is 1.31. The zero-order valence-corrected chi connectivity index (χ0v) is 13.4. The van der Waals surface area contributed by atoms with Gasteiger partial charge in [-0.25, -0.2) is 4.79 Å². The Morgan fingerprint density at radius 3 is 2.91 bits per heavy atom. The van der Waals surface area contributed by atoms with Crippen molar-refractivity contribution < 1.29 is 23.8 Å². The number of methoxy groups -OCH3 is 1. The standard InChI is InChI=1S/C16H22N2O5/c1-11-7-13(23-10-16(20)21-2)3-4-14(11)18-15(19)8-12-9-22-6-5-17-12/h3-4,7,12,17H,5-6,8-10H2,1-2H3,(H,18,19). The van der Waals surface area contributed by atoms with Gasteiger partial charge >= 0.3 is 5.97 Å². The molecule has 7 nitrogen and oxygen atoms in total. The smallest absolute Gasteiger partial charge is 0.343 e. The second-order valence-electron chi connectivity index (χ2n) is 5.32. The molecule has 23 heavy (non-hydrogen) atoms.